The maximum atomic E-state index is 2.34. The molecule has 0 aromatic heterocycles. The van der Waals surface area contributed by atoms with Crippen molar-refractivity contribution in [3.63, 3.8) is 0 Å². The molecule has 0 saturated carbocycles. The third kappa shape index (κ3) is 16.1. The van der Waals surface area contributed by atoms with Crippen LogP contribution >= 0.6 is 0 Å². The molecule has 2 unspecified atom stereocenters. The summed E-state index contributed by atoms with van der Waals surface area (Å²) in [5.74, 6) is 3.66. The highest BCUT2D eigenvalue weighted by atomic mass is 14.2. The predicted octanol–water partition coefficient (Wildman–Crippen LogP) is 7.96. The second kappa shape index (κ2) is 15.4. The van der Waals surface area contributed by atoms with Gasteiger partial charge in [0.1, 0.15) is 0 Å². The van der Waals surface area contributed by atoms with E-state index >= 15 is 0 Å². The first-order valence-corrected chi connectivity index (χ1v) is 9.38. The quantitative estimate of drug-likeness (QED) is 0.357. The Balaban J connectivity index is -0.000000300. The molecule has 0 N–H and O–H groups in total. The van der Waals surface area contributed by atoms with Crippen LogP contribution in [0.15, 0.2) is 0 Å². The number of hydrogen-bond donors (Lipinski definition) is 0. The van der Waals surface area contributed by atoms with Gasteiger partial charge in [-0.1, -0.05) is 100 Å². The molecular formula is C20H46. The van der Waals surface area contributed by atoms with Gasteiger partial charge in [0.25, 0.3) is 0 Å². The lowest BCUT2D eigenvalue weighted by atomic mass is 9.87. The van der Waals surface area contributed by atoms with E-state index in [1.807, 2.05) is 0 Å². The molecular weight excluding hydrogens is 240 g/mol. The molecule has 0 aromatic carbocycles. The van der Waals surface area contributed by atoms with Gasteiger partial charge in [0.15, 0.2) is 0 Å². The molecule has 0 radical (unpaired) electrons. The van der Waals surface area contributed by atoms with Crippen LogP contribution in [0.25, 0.3) is 0 Å². The van der Waals surface area contributed by atoms with Crippen LogP contribution in [0.3, 0.4) is 0 Å². The maximum Gasteiger partial charge on any atom is 0 e. The summed E-state index contributed by atoms with van der Waals surface area (Å²) in [7, 11) is 0. The van der Waals surface area contributed by atoms with Crippen molar-refractivity contribution < 1.29 is 1.43 Å². The highest BCUT2D eigenvalue weighted by Gasteiger charge is 2.10. The molecule has 0 spiro atoms. The summed E-state index contributed by atoms with van der Waals surface area (Å²) in [6.07, 6.45) is 11.2. The topological polar surface area (TPSA) is 0 Å². The smallest absolute Gasteiger partial charge is 0 e. The summed E-state index contributed by atoms with van der Waals surface area (Å²) in [6, 6.07) is 0. The van der Waals surface area contributed by atoms with Crippen molar-refractivity contribution in [1.82, 2.24) is 0 Å². The minimum absolute atomic E-state index is 0. The summed E-state index contributed by atoms with van der Waals surface area (Å²) >= 11 is 0. The van der Waals surface area contributed by atoms with Gasteiger partial charge >= 0.3 is 0 Å². The fourth-order valence-electron chi connectivity index (χ4n) is 2.50. The lowest BCUT2D eigenvalue weighted by Gasteiger charge is -2.19. The van der Waals surface area contributed by atoms with Crippen LogP contribution in [-0.4, -0.2) is 0 Å². The molecule has 0 fully saturated rings. The van der Waals surface area contributed by atoms with Gasteiger partial charge in [-0.15, -0.1) is 0 Å². The molecule has 0 heteroatoms. The van der Waals surface area contributed by atoms with Gasteiger partial charge < -0.3 is 0 Å². The van der Waals surface area contributed by atoms with Gasteiger partial charge in [-0.2, -0.15) is 0 Å². The molecule has 2 atom stereocenters. The highest BCUT2D eigenvalue weighted by Crippen LogP contribution is 2.22. The summed E-state index contributed by atoms with van der Waals surface area (Å²) in [6.45, 7) is 18.5. The van der Waals surface area contributed by atoms with Gasteiger partial charge in [0.05, 0.1) is 0 Å². The Bertz CT molecular complexity index is 175. The fourth-order valence-corrected chi connectivity index (χ4v) is 2.50. The van der Waals surface area contributed by atoms with Crippen LogP contribution in [0.5, 0.6) is 0 Å². The number of rotatable bonds is 10. The van der Waals surface area contributed by atoms with E-state index in [9.17, 15) is 0 Å². The standard InChI is InChI=1S/C11H24.C9H20.H2/c1-6-11(10(4)5)8-7-9(2)3;1-4-6-7-8-9(3)5-2;/h9-11H,6-8H2,1-5H3;9H,4-8H2,1-3H3;1H. The Labute approximate surface area is 132 Å². The van der Waals surface area contributed by atoms with Crippen molar-refractivity contribution in [2.45, 2.75) is 107 Å². The number of unbranched alkanes of at least 4 members (excludes halogenated alkanes) is 2. The SMILES string of the molecule is CCC(CCC(C)C)C(C)C.CCCCCC(C)CC.[HH]. The Morgan fingerprint density at radius 3 is 1.65 bits per heavy atom. The van der Waals surface area contributed by atoms with Crippen LogP contribution in [-0.2, 0) is 0 Å². The molecule has 0 aromatic rings. The zero-order valence-electron chi connectivity index (χ0n) is 16.0. The summed E-state index contributed by atoms with van der Waals surface area (Å²) in [5, 5.41) is 0. The van der Waals surface area contributed by atoms with Crippen LogP contribution < -0.4 is 0 Å². The monoisotopic (exact) mass is 286 g/mol. The van der Waals surface area contributed by atoms with Crippen molar-refractivity contribution >= 4 is 0 Å². The van der Waals surface area contributed by atoms with Gasteiger partial charge in [-0.3, -0.25) is 0 Å². The van der Waals surface area contributed by atoms with E-state index in [2.05, 4.69) is 55.4 Å². The average Bonchev–Trinajstić information content (AvgIpc) is 2.39. The van der Waals surface area contributed by atoms with E-state index in [0.29, 0.717) is 0 Å². The van der Waals surface area contributed by atoms with Crippen molar-refractivity contribution in [2.75, 3.05) is 0 Å². The molecule has 0 aliphatic rings. The molecule has 126 valence electrons. The van der Waals surface area contributed by atoms with Gasteiger partial charge in [-0.25, -0.2) is 0 Å². The van der Waals surface area contributed by atoms with Crippen molar-refractivity contribution in [3.8, 4) is 0 Å². The Morgan fingerprint density at radius 1 is 0.700 bits per heavy atom. The third-order valence-corrected chi connectivity index (χ3v) is 4.58. The van der Waals surface area contributed by atoms with Gasteiger partial charge in [0, 0.05) is 1.43 Å². The molecule has 0 heterocycles. The second-order valence-corrected chi connectivity index (χ2v) is 7.39. The second-order valence-electron chi connectivity index (χ2n) is 7.39. The van der Waals surface area contributed by atoms with Crippen molar-refractivity contribution in [2.24, 2.45) is 23.7 Å². The summed E-state index contributed by atoms with van der Waals surface area (Å²) in [4.78, 5) is 0. The molecule has 0 aliphatic heterocycles. The number of hydrogen-bond acceptors (Lipinski definition) is 0. The Morgan fingerprint density at radius 2 is 1.30 bits per heavy atom. The summed E-state index contributed by atoms with van der Waals surface area (Å²) < 4.78 is 0. The largest absolute Gasteiger partial charge is 0.0654 e. The minimum Gasteiger partial charge on any atom is -0.0654 e. The van der Waals surface area contributed by atoms with E-state index in [1.54, 1.807) is 0 Å². The van der Waals surface area contributed by atoms with Crippen LogP contribution in [0, 0.1) is 23.7 Å². The molecule has 0 nitrogen and oxygen atoms in total. The molecule has 0 rings (SSSR count). The van der Waals surface area contributed by atoms with Crippen LogP contribution in [0.1, 0.15) is 108 Å². The molecule has 0 aliphatic carbocycles. The molecule has 0 saturated heterocycles. The van der Waals surface area contributed by atoms with Gasteiger partial charge in [-0.05, 0) is 30.1 Å². The minimum atomic E-state index is 0. The molecule has 0 amide bonds. The van der Waals surface area contributed by atoms with E-state index in [4.69, 9.17) is 0 Å². The lowest BCUT2D eigenvalue weighted by molar-refractivity contribution is 0.322. The van der Waals surface area contributed by atoms with Gasteiger partial charge in [0.2, 0.25) is 0 Å². The van der Waals surface area contributed by atoms with Crippen molar-refractivity contribution in [1.29, 1.82) is 0 Å². The van der Waals surface area contributed by atoms with E-state index in [-0.39, 0.29) is 1.43 Å². The third-order valence-electron chi connectivity index (χ3n) is 4.58. The lowest BCUT2D eigenvalue weighted by Crippen LogP contribution is -2.08. The van der Waals surface area contributed by atoms with E-state index < -0.39 is 0 Å². The van der Waals surface area contributed by atoms with E-state index in [1.165, 1.54) is 51.4 Å². The average molecular weight is 287 g/mol. The zero-order valence-corrected chi connectivity index (χ0v) is 16.0. The zero-order chi connectivity index (χ0) is 16.0. The normalized spacial score (nSPS) is 14.1. The van der Waals surface area contributed by atoms with Crippen molar-refractivity contribution in [3.05, 3.63) is 0 Å². The Hall–Kier alpha value is 0. The Kier molecular flexibility index (Phi) is 17.1. The summed E-state index contributed by atoms with van der Waals surface area (Å²) in [5.41, 5.74) is 0. The van der Waals surface area contributed by atoms with Crippen LogP contribution in [0.2, 0.25) is 0 Å². The molecule has 0 bridgehead atoms. The maximum absolute atomic E-state index is 2.34. The van der Waals surface area contributed by atoms with Crippen LogP contribution in [0.4, 0.5) is 0 Å². The van der Waals surface area contributed by atoms with E-state index in [0.717, 1.165) is 23.7 Å². The predicted molar refractivity (Wildman–Crippen MR) is 98.4 cm³/mol. The molecule has 20 heavy (non-hydrogen) atoms. The highest BCUT2D eigenvalue weighted by molar-refractivity contribution is 4.62. The first kappa shape index (κ1) is 22.3. The first-order valence-electron chi connectivity index (χ1n) is 9.38. The first-order chi connectivity index (χ1) is 9.38. The fraction of sp³-hybridized carbons (Fsp3) is 1.00.